The SMILES string of the molecule is Cc1c(C2CCOC2)nc2ccc(NC(=O)c3ccc(OC(C)c4ccccn4)cc3)cn12. The molecular weight excluding hydrogens is 416 g/mol. The number of pyridine rings is 2. The van der Waals surface area contributed by atoms with E-state index in [9.17, 15) is 4.79 Å². The predicted molar refractivity (Wildman–Crippen MR) is 126 cm³/mol. The van der Waals surface area contributed by atoms with Gasteiger partial charge in [-0.05, 0) is 68.8 Å². The third-order valence-electron chi connectivity index (χ3n) is 6.00. The van der Waals surface area contributed by atoms with Crippen LogP contribution in [0.1, 0.15) is 52.8 Å². The van der Waals surface area contributed by atoms with Crippen molar-refractivity contribution >= 4 is 17.2 Å². The number of ether oxygens (including phenoxy) is 2. The van der Waals surface area contributed by atoms with Crippen LogP contribution >= 0.6 is 0 Å². The highest BCUT2D eigenvalue weighted by molar-refractivity contribution is 6.04. The first kappa shape index (κ1) is 21.2. The Labute approximate surface area is 192 Å². The summed E-state index contributed by atoms with van der Waals surface area (Å²) in [6.07, 6.45) is 4.47. The number of hydrogen-bond acceptors (Lipinski definition) is 5. The van der Waals surface area contributed by atoms with Gasteiger partial charge >= 0.3 is 0 Å². The van der Waals surface area contributed by atoms with Crippen LogP contribution in [0.25, 0.3) is 5.65 Å². The van der Waals surface area contributed by atoms with Crippen LogP contribution in [0.5, 0.6) is 5.75 Å². The van der Waals surface area contributed by atoms with Crippen LogP contribution in [0.4, 0.5) is 5.69 Å². The van der Waals surface area contributed by atoms with Gasteiger partial charge in [-0.25, -0.2) is 4.98 Å². The van der Waals surface area contributed by atoms with Crippen LogP contribution in [0, 0.1) is 6.92 Å². The van der Waals surface area contributed by atoms with E-state index in [1.807, 2.05) is 47.9 Å². The highest BCUT2D eigenvalue weighted by Crippen LogP contribution is 2.28. The lowest BCUT2D eigenvalue weighted by Gasteiger charge is -2.14. The van der Waals surface area contributed by atoms with Crippen molar-refractivity contribution in [1.82, 2.24) is 14.4 Å². The molecule has 7 heteroatoms. The van der Waals surface area contributed by atoms with E-state index in [0.717, 1.165) is 35.8 Å². The summed E-state index contributed by atoms with van der Waals surface area (Å²) in [5.41, 5.74) is 5.15. The Bertz CT molecular complexity index is 1260. The predicted octanol–water partition coefficient (Wildman–Crippen LogP) is 4.93. The normalized spacial score (nSPS) is 16.6. The lowest BCUT2D eigenvalue weighted by molar-refractivity contribution is 0.102. The molecule has 0 bridgehead atoms. The highest BCUT2D eigenvalue weighted by Gasteiger charge is 2.23. The minimum absolute atomic E-state index is 0.180. The molecule has 0 aliphatic carbocycles. The van der Waals surface area contributed by atoms with Gasteiger partial charge in [0.2, 0.25) is 0 Å². The first-order chi connectivity index (χ1) is 16.1. The van der Waals surface area contributed by atoms with Gasteiger partial charge in [0.15, 0.2) is 0 Å². The number of rotatable bonds is 6. The summed E-state index contributed by atoms with van der Waals surface area (Å²) < 4.78 is 13.5. The highest BCUT2D eigenvalue weighted by atomic mass is 16.5. The number of amides is 1. The zero-order valence-electron chi connectivity index (χ0n) is 18.7. The molecule has 1 aliphatic rings. The van der Waals surface area contributed by atoms with Gasteiger partial charge in [-0.2, -0.15) is 0 Å². The Morgan fingerprint density at radius 2 is 2.03 bits per heavy atom. The van der Waals surface area contributed by atoms with E-state index in [1.165, 1.54) is 0 Å². The van der Waals surface area contributed by atoms with Crippen molar-refractivity contribution in [2.24, 2.45) is 0 Å². The number of anilines is 1. The third-order valence-corrected chi connectivity index (χ3v) is 6.00. The van der Waals surface area contributed by atoms with Crippen molar-refractivity contribution in [2.45, 2.75) is 32.3 Å². The summed E-state index contributed by atoms with van der Waals surface area (Å²) in [5, 5.41) is 2.98. The number of benzene rings is 1. The number of nitrogens with one attached hydrogen (secondary N) is 1. The smallest absolute Gasteiger partial charge is 0.255 e. The molecule has 4 aromatic rings. The molecule has 168 valence electrons. The molecule has 5 rings (SSSR count). The molecule has 1 fully saturated rings. The fourth-order valence-corrected chi connectivity index (χ4v) is 4.16. The number of nitrogens with zero attached hydrogens (tertiary/aromatic N) is 3. The van der Waals surface area contributed by atoms with E-state index in [1.54, 1.807) is 30.5 Å². The summed E-state index contributed by atoms with van der Waals surface area (Å²) in [4.78, 5) is 21.9. The quantitative estimate of drug-likeness (QED) is 0.458. The molecule has 1 saturated heterocycles. The minimum atomic E-state index is -0.184. The number of carbonyl (C=O) groups is 1. The number of imidazole rings is 1. The van der Waals surface area contributed by atoms with E-state index in [-0.39, 0.29) is 12.0 Å². The third kappa shape index (κ3) is 4.45. The molecule has 1 N–H and O–H groups in total. The topological polar surface area (TPSA) is 77.8 Å². The van der Waals surface area contributed by atoms with Crippen molar-refractivity contribution < 1.29 is 14.3 Å². The van der Waals surface area contributed by atoms with E-state index in [4.69, 9.17) is 14.5 Å². The number of hydrogen-bond donors (Lipinski definition) is 1. The first-order valence-electron chi connectivity index (χ1n) is 11.1. The van der Waals surface area contributed by atoms with Crippen LogP contribution in [0.2, 0.25) is 0 Å². The van der Waals surface area contributed by atoms with Crippen LogP contribution in [0.15, 0.2) is 67.0 Å². The zero-order valence-corrected chi connectivity index (χ0v) is 18.7. The van der Waals surface area contributed by atoms with Crippen molar-refractivity contribution in [2.75, 3.05) is 18.5 Å². The summed E-state index contributed by atoms with van der Waals surface area (Å²) >= 11 is 0. The number of carbonyl (C=O) groups excluding carboxylic acids is 1. The largest absolute Gasteiger partial charge is 0.484 e. The van der Waals surface area contributed by atoms with Gasteiger partial charge in [0, 0.05) is 36.2 Å². The summed E-state index contributed by atoms with van der Waals surface area (Å²) in [6, 6.07) is 16.7. The number of aromatic nitrogens is 3. The second kappa shape index (κ2) is 9.03. The molecule has 0 radical (unpaired) electrons. The summed E-state index contributed by atoms with van der Waals surface area (Å²) in [7, 11) is 0. The fraction of sp³-hybridized carbons (Fsp3) is 0.269. The summed E-state index contributed by atoms with van der Waals surface area (Å²) in [6.45, 7) is 5.51. The molecule has 2 atom stereocenters. The molecule has 3 aromatic heterocycles. The number of aryl methyl sites for hydroxylation is 1. The van der Waals surface area contributed by atoms with Gasteiger partial charge in [0.05, 0.1) is 23.7 Å². The van der Waals surface area contributed by atoms with Gasteiger partial charge < -0.3 is 19.2 Å². The Kier molecular flexibility index (Phi) is 5.79. The average Bonchev–Trinajstić information content (AvgIpc) is 3.48. The Hall–Kier alpha value is -3.71. The van der Waals surface area contributed by atoms with Gasteiger partial charge in [-0.1, -0.05) is 6.07 Å². The van der Waals surface area contributed by atoms with Gasteiger partial charge in [0.25, 0.3) is 5.91 Å². The first-order valence-corrected chi connectivity index (χ1v) is 11.1. The molecule has 1 aliphatic heterocycles. The maximum absolute atomic E-state index is 12.8. The average molecular weight is 443 g/mol. The molecule has 1 aromatic carbocycles. The van der Waals surface area contributed by atoms with Crippen molar-refractivity contribution in [3.63, 3.8) is 0 Å². The summed E-state index contributed by atoms with van der Waals surface area (Å²) in [5.74, 6) is 0.841. The molecule has 33 heavy (non-hydrogen) atoms. The molecule has 2 unspecified atom stereocenters. The molecule has 0 spiro atoms. The minimum Gasteiger partial charge on any atom is -0.484 e. The monoisotopic (exact) mass is 442 g/mol. The molecule has 0 saturated carbocycles. The van der Waals surface area contributed by atoms with Crippen molar-refractivity contribution in [3.05, 3.63) is 89.6 Å². The Morgan fingerprint density at radius 3 is 2.76 bits per heavy atom. The van der Waals surface area contributed by atoms with Crippen LogP contribution < -0.4 is 10.1 Å². The number of fused-ring (bicyclic) bond motifs is 1. The second-order valence-corrected chi connectivity index (χ2v) is 8.28. The zero-order chi connectivity index (χ0) is 22.8. The van der Waals surface area contributed by atoms with Gasteiger partial charge in [-0.15, -0.1) is 0 Å². The fourth-order valence-electron chi connectivity index (χ4n) is 4.16. The van der Waals surface area contributed by atoms with E-state index in [0.29, 0.717) is 29.5 Å². The van der Waals surface area contributed by atoms with E-state index in [2.05, 4.69) is 17.2 Å². The van der Waals surface area contributed by atoms with E-state index >= 15 is 0 Å². The molecule has 4 heterocycles. The van der Waals surface area contributed by atoms with Gasteiger partial charge in [-0.3, -0.25) is 9.78 Å². The van der Waals surface area contributed by atoms with Crippen molar-refractivity contribution in [3.8, 4) is 5.75 Å². The standard InChI is InChI=1S/C26H26N4O3/c1-17-25(20-12-14-32-16-20)29-24-11-8-21(15-30(17)24)28-26(31)19-6-9-22(10-7-19)33-18(2)23-5-3-4-13-27-23/h3-11,13,15,18,20H,12,14,16H2,1-2H3,(H,28,31). The lowest BCUT2D eigenvalue weighted by Crippen LogP contribution is -2.12. The van der Waals surface area contributed by atoms with E-state index < -0.39 is 0 Å². The van der Waals surface area contributed by atoms with Crippen LogP contribution in [0.3, 0.4) is 0 Å². The lowest BCUT2D eigenvalue weighted by atomic mass is 10.0. The van der Waals surface area contributed by atoms with Gasteiger partial charge in [0.1, 0.15) is 17.5 Å². The Balaban J connectivity index is 1.27. The maximum atomic E-state index is 12.8. The Morgan fingerprint density at radius 1 is 1.18 bits per heavy atom. The maximum Gasteiger partial charge on any atom is 0.255 e. The molecule has 7 nitrogen and oxygen atoms in total. The molecule has 1 amide bonds. The molecular formula is C26H26N4O3. The second-order valence-electron chi connectivity index (χ2n) is 8.28. The van der Waals surface area contributed by atoms with Crippen molar-refractivity contribution in [1.29, 1.82) is 0 Å². The van der Waals surface area contributed by atoms with Crippen LogP contribution in [-0.2, 0) is 4.74 Å². The van der Waals surface area contributed by atoms with Crippen LogP contribution in [-0.4, -0.2) is 33.5 Å².